The quantitative estimate of drug-likeness (QED) is 0.591. The van der Waals surface area contributed by atoms with E-state index in [1.165, 1.54) is 0 Å². The van der Waals surface area contributed by atoms with Crippen molar-refractivity contribution in [1.29, 1.82) is 0 Å². The minimum absolute atomic E-state index is 0.00806. The molecule has 0 radical (unpaired) electrons. The molecule has 0 unspecified atom stereocenters. The molecule has 1 heterocycles. The van der Waals surface area contributed by atoms with E-state index in [4.69, 9.17) is 5.73 Å². The average Bonchev–Trinajstić information content (AvgIpc) is 2.12. The third-order valence-corrected chi connectivity index (χ3v) is 1.70. The van der Waals surface area contributed by atoms with E-state index >= 15 is 0 Å². The fourth-order valence-electron chi connectivity index (χ4n) is 1.09. The Labute approximate surface area is 68.0 Å². The van der Waals surface area contributed by atoms with Crippen molar-refractivity contribution in [1.82, 2.24) is 10.2 Å². The number of nitrogens with two attached hydrogens (primary N) is 1. The number of nitrogen functional groups attached to an aromatic ring is 1. The predicted molar refractivity (Wildman–Crippen MR) is 46.8 cm³/mol. The van der Waals surface area contributed by atoms with E-state index in [2.05, 4.69) is 10.2 Å². The number of nitrogens with one attached hydrogen (secondary N) is 1. The number of fused-ring (bicyclic) bond motifs is 1. The first-order valence-electron chi connectivity index (χ1n) is 3.52. The minimum atomic E-state index is -0.218. The zero-order valence-electron chi connectivity index (χ0n) is 6.24. The van der Waals surface area contributed by atoms with Gasteiger partial charge < -0.3 is 5.73 Å². The summed E-state index contributed by atoms with van der Waals surface area (Å²) in [6.07, 6.45) is 0. The van der Waals surface area contributed by atoms with Crippen molar-refractivity contribution >= 4 is 16.7 Å². The van der Waals surface area contributed by atoms with Gasteiger partial charge in [-0.25, -0.2) is 0 Å². The molecule has 2 rings (SSSR count). The molecule has 0 saturated carbocycles. The summed E-state index contributed by atoms with van der Waals surface area (Å²) in [7, 11) is 0. The number of hydrogen-bond donors (Lipinski definition) is 2. The lowest BCUT2D eigenvalue weighted by Crippen LogP contribution is -2.11. The first-order chi connectivity index (χ1) is 5.79. The highest BCUT2D eigenvalue weighted by molar-refractivity contribution is 5.79. The van der Waals surface area contributed by atoms with Crippen molar-refractivity contribution in [2.24, 2.45) is 0 Å². The van der Waals surface area contributed by atoms with Crippen LogP contribution in [0.15, 0.2) is 29.1 Å². The Morgan fingerprint density at radius 2 is 2.08 bits per heavy atom. The molecule has 0 spiro atoms. The fraction of sp³-hybridized carbons (Fsp3) is 0. The standard InChI is InChI=1S/C8H7N3O/c9-8-7(12)5-3-1-2-4-6(5)10-11-8/h1-4H,(H2,9,11)(H,10,12). The molecule has 0 saturated heterocycles. The number of aromatic amines is 1. The molecule has 2 aromatic rings. The van der Waals surface area contributed by atoms with Crippen LogP contribution in [-0.4, -0.2) is 10.2 Å². The molecular formula is C8H7N3O. The van der Waals surface area contributed by atoms with E-state index in [0.717, 1.165) is 0 Å². The second-order valence-electron chi connectivity index (χ2n) is 2.48. The van der Waals surface area contributed by atoms with E-state index in [0.29, 0.717) is 10.9 Å². The smallest absolute Gasteiger partial charge is 0.231 e. The molecule has 0 aliphatic heterocycles. The molecule has 4 nitrogen and oxygen atoms in total. The Kier molecular flexibility index (Phi) is 1.33. The molecule has 60 valence electrons. The van der Waals surface area contributed by atoms with Gasteiger partial charge in [-0.05, 0) is 12.1 Å². The third-order valence-electron chi connectivity index (χ3n) is 1.70. The first kappa shape index (κ1) is 6.84. The van der Waals surface area contributed by atoms with E-state index in [1.807, 2.05) is 6.07 Å². The maximum absolute atomic E-state index is 11.3. The number of benzene rings is 1. The number of nitrogens with zero attached hydrogens (tertiary/aromatic N) is 1. The minimum Gasteiger partial charge on any atom is -0.379 e. The predicted octanol–water partition coefficient (Wildman–Crippen LogP) is 0.505. The molecule has 1 aromatic heterocycles. The zero-order chi connectivity index (χ0) is 8.55. The molecule has 0 aliphatic carbocycles. The number of rotatable bonds is 0. The number of H-pyrrole nitrogens is 1. The van der Waals surface area contributed by atoms with Gasteiger partial charge in [0.1, 0.15) is 0 Å². The summed E-state index contributed by atoms with van der Waals surface area (Å²) >= 11 is 0. The molecule has 1 aromatic carbocycles. The SMILES string of the molecule is Nc1n[nH]c2ccccc2c1=O. The number of aromatic nitrogens is 2. The van der Waals surface area contributed by atoms with E-state index in [9.17, 15) is 4.79 Å². The monoisotopic (exact) mass is 161 g/mol. The fourth-order valence-corrected chi connectivity index (χ4v) is 1.09. The van der Waals surface area contributed by atoms with Crippen molar-refractivity contribution in [2.75, 3.05) is 5.73 Å². The largest absolute Gasteiger partial charge is 0.379 e. The third kappa shape index (κ3) is 0.852. The van der Waals surface area contributed by atoms with Gasteiger partial charge in [0, 0.05) is 0 Å². The summed E-state index contributed by atoms with van der Waals surface area (Å²) in [5.41, 5.74) is 5.82. The van der Waals surface area contributed by atoms with Crippen LogP contribution in [0.4, 0.5) is 5.82 Å². The van der Waals surface area contributed by atoms with E-state index in [-0.39, 0.29) is 11.2 Å². The number of hydrogen-bond acceptors (Lipinski definition) is 3. The summed E-state index contributed by atoms with van der Waals surface area (Å²) in [5, 5.41) is 6.91. The molecule has 0 amide bonds. The molecule has 3 N–H and O–H groups in total. The second-order valence-corrected chi connectivity index (χ2v) is 2.48. The lowest BCUT2D eigenvalue weighted by molar-refractivity contribution is 1.08. The molecule has 0 bridgehead atoms. The summed E-state index contributed by atoms with van der Waals surface area (Å²) in [6, 6.07) is 7.11. The van der Waals surface area contributed by atoms with Crippen LogP contribution in [-0.2, 0) is 0 Å². The lowest BCUT2D eigenvalue weighted by atomic mass is 10.2. The van der Waals surface area contributed by atoms with Gasteiger partial charge in [-0.15, -0.1) is 0 Å². The van der Waals surface area contributed by atoms with Crippen LogP contribution in [0.25, 0.3) is 10.9 Å². The Balaban J connectivity index is 3.01. The molecule has 0 fully saturated rings. The highest BCUT2D eigenvalue weighted by Gasteiger charge is 2.00. The normalized spacial score (nSPS) is 10.3. The van der Waals surface area contributed by atoms with Gasteiger partial charge in [0.2, 0.25) is 5.43 Å². The van der Waals surface area contributed by atoms with Crippen molar-refractivity contribution in [3.05, 3.63) is 34.5 Å². The summed E-state index contributed by atoms with van der Waals surface area (Å²) in [4.78, 5) is 11.3. The van der Waals surface area contributed by atoms with Crippen molar-refractivity contribution in [3.8, 4) is 0 Å². The van der Waals surface area contributed by atoms with Crippen LogP contribution in [0.1, 0.15) is 0 Å². The Bertz CT molecular complexity index is 475. The molecular weight excluding hydrogens is 154 g/mol. The van der Waals surface area contributed by atoms with Crippen LogP contribution < -0.4 is 11.2 Å². The Morgan fingerprint density at radius 1 is 1.33 bits per heavy atom. The van der Waals surface area contributed by atoms with Gasteiger partial charge in [0.15, 0.2) is 5.82 Å². The highest BCUT2D eigenvalue weighted by Crippen LogP contribution is 2.04. The van der Waals surface area contributed by atoms with Gasteiger partial charge in [-0.3, -0.25) is 9.89 Å². The van der Waals surface area contributed by atoms with Crippen molar-refractivity contribution in [3.63, 3.8) is 0 Å². The Morgan fingerprint density at radius 3 is 2.92 bits per heavy atom. The summed E-state index contributed by atoms with van der Waals surface area (Å²) in [6.45, 7) is 0. The van der Waals surface area contributed by atoms with Crippen LogP contribution in [0.5, 0.6) is 0 Å². The lowest BCUT2D eigenvalue weighted by Gasteiger charge is -1.95. The maximum atomic E-state index is 11.3. The van der Waals surface area contributed by atoms with Crippen LogP contribution in [0.2, 0.25) is 0 Å². The van der Waals surface area contributed by atoms with Gasteiger partial charge >= 0.3 is 0 Å². The number of anilines is 1. The van der Waals surface area contributed by atoms with Crippen LogP contribution in [0, 0.1) is 0 Å². The summed E-state index contributed by atoms with van der Waals surface area (Å²) < 4.78 is 0. The molecule has 0 aliphatic rings. The van der Waals surface area contributed by atoms with Gasteiger partial charge in [-0.2, -0.15) is 5.10 Å². The second kappa shape index (κ2) is 2.34. The topological polar surface area (TPSA) is 71.8 Å². The molecule has 4 heteroatoms. The van der Waals surface area contributed by atoms with Gasteiger partial charge in [0.25, 0.3) is 0 Å². The summed E-state index contributed by atoms with van der Waals surface area (Å²) in [5.74, 6) is 0.00806. The number of para-hydroxylation sites is 1. The van der Waals surface area contributed by atoms with Crippen molar-refractivity contribution < 1.29 is 0 Å². The molecule has 12 heavy (non-hydrogen) atoms. The molecule has 0 atom stereocenters. The Hall–Kier alpha value is -1.84. The maximum Gasteiger partial charge on any atom is 0.231 e. The van der Waals surface area contributed by atoms with Gasteiger partial charge in [0.05, 0.1) is 10.9 Å². The van der Waals surface area contributed by atoms with Crippen molar-refractivity contribution in [2.45, 2.75) is 0 Å². The van der Waals surface area contributed by atoms with Crippen LogP contribution >= 0.6 is 0 Å². The first-order valence-corrected chi connectivity index (χ1v) is 3.52. The van der Waals surface area contributed by atoms with Crippen LogP contribution in [0.3, 0.4) is 0 Å². The van der Waals surface area contributed by atoms with Gasteiger partial charge in [-0.1, -0.05) is 12.1 Å². The van der Waals surface area contributed by atoms with E-state index < -0.39 is 0 Å². The average molecular weight is 161 g/mol. The highest BCUT2D eigenvalue weighted by atomic mass is 16.1. The zero-order valence-corrected chi connectivity index (χ0v) is 6.24. The van der Waals surface area contributed by atoms with E-state index in [1.54, 1.807) is 18.2 Å².